The Morgan fingerprint density at radius 3 is 2.72 bits per heavy atom. The highest BCUT2D eigenvalue weighted by Gasteiger charge is 2.29. The van der Waals surface area contributed by atoms with Gasteiger partial charge in [0, 0.05) is 22.7 Å². The first-order valence-electron chi connectivity index (χ1n) is 10.4. The number of methoxy groups -OCH3 is 1. The number of ether oxygens (including phenoxy) is 1. The van der Waals surface area contributed by atoms with Gasteiger partial charge in [0.1, 0.15) is 17.6 Å². The van der Waals surface area contributed by atoms with Crippen molar-refractivity contribution in [2.45, 2.75) is 25.8 Å². The molecule has 3 aromatic rings. The average Bonchev–Trinajstić information content (AvgIpc) is 3.12. The molecule has 0 bridgehead atoms. The normalized spacial score (nSPS) is 14.8. The Kier molecular flexibility index (Phi) is 6.53. The zero-order valence-electron chi connectivity index (χ0n) is 18.0. The summed E-state index contributed by atoms with van der Waals surface area (Å²) >= 11 is 6.12. The topological polar surface area (TPSA) is 107 Å². The number of fused-ring (bicyclic) bond motifs is 3. The number of hydrogen-bond acceptors (Lipinski definition) is 6. The molecular weight excluding hydrogens is 428 g/mol. The van der Waals surface area contributed by atoms with Crippen molar-refractivity contribution in [3.05, 3.63) is 70.3 Å². The lowest BCUT2D eigenvalue weighted by Gasteiger charge is -2.14. The number of nitrogens with one attached hydrogen (secondary N) is 1. The Balaban J connectivity index is 1.86. The number of aryl methyl sites for hydroxylation is 1. The number of nitrogens with two attached hydrogens (primary N) is 1. The van der Waals surface area contributed by atoms with E-state index in [-0.39, 0.29) is 12.3 Å². The maximum absolute atomic E-state index is 12.7. The summed E-state index contributed by atoms with van der Waals surface area (Å²) in [7, 11) is 1.63. The monoisotopic (exact) mass is 452 g/mol. The molecule has 1 aliphatic rings. The van der Waals surface area contributed by atoms with Gasteiger partial charge >= 0.3 is 0 Å². The first-order chi connectivity index (χ1) is 15.5. The number of hydrogen-bond donors (Lipinski definition) is 2. The molecule has 0 spiro atoms. The molecule has 0 aliphatic carbocycles. The number of amides is 1. The molecule has 4 rings (SSSR count). The van der Waals surface area contributed by atoms with E-state index in [2.05, 4.69) is 15.5 Å². The minimum absolute atomic E-state index is 0.113. The van der Waals surface area contributed by atoms with Crippen molar-refractivity contribution in [2.24, 2.45) is 10.7 Å². The predicted octanol–water partition coefficient (Wildman–Crippen LogP) is 2.98. The second kappa shape index (κ2) is 9.50. The summed E-state index contributed by atoms with van der Waals surface area (Å²) in [6.07, 6.45) is 0.862. The summed E-state index contributed by atoms with van der Waals surface area (Å²) in [6.45, 7) is 2.93. The van der Waals surface area contributed by atoms with E-state index in [9.17, 15) is 4.79 Å². The standard InChI is InChI=1S/C23H25ClN6O2/c1-14-28-29-23-19(13-21(31)26-11-3-10-25)27-22(15-4-6-16(24)7-5-15)18-12-17(32-2)8-9-20(18)30(14)23/h4-9,12,19H,3,10-11,13,25H2,1-2H3,(H,26,31). The summed E-state index contributed by atoms with van der Waals surface area (Å²) in [5.41, 5.74) is 8.90. The second-order valence-corrected chi connectivity index (χ2v) is 7.96. The van der Waals surface area contributed by atoms with Crippen LogP contribution in [0, 0.1) is 6.92 Å². The van der Waals surface area contributed by atoms with Crippen LogP contribution in [0.5, 0.6) is 5.75 Å². The van der Waals surface area contributed by atoms with Gasteiger partial charge in [-0.2, -0.15) is 0 Å². The van der Waals surface area contributed by atoms with Crippen LogP contribution >= 0.6 is 11.6 Å². The van der Waals surface area contributed by atoms with Gasteiger partial charge < -0.3 is 15.8 Å². The van der Waals surface area contributed by atoms with Crippen LogP contribution in [0.3, 0.4) is 0 Å². The zero-order chi connectivity index (χ0) is 22.7. The van der Waals surface area contributed by atoms with Crippen LogP contribution in [0.15, 0.2) is 47.5 Å². The summed E-state index contributed by atoms with van der Waals surface area (Å²) in [5, 5.41) is 12.2. The van der Waals surface area contributed by atoms with Crippen LogP contribution in [-0.4, -0.2) is 46.6 Å². The molecule has 1 aliphatic heterocycles. The van der Waals surface area contributed by atoms with Crippen molar-refractivity contribution in [2.75, 3.05) is 20.2 Å². The molecular formula is C23H25ClN6O2. The van der Waals surface area contributed by atoms with E-state index >= 15 is 0 Å². The van der Waals surface area contributed by atoms with Crippen molar-refractivity contribution in [1.82, 2.24) is 20.1 Å². The molecule has 0 radical (unpaired) electrons. The maximum atomic E-state index is 12.7. The number of halogens is 1. The molecule has 0 fully saturated rings. The number of carbonyl (C=O) groups is 1. The molecule has 166 valence electrons. The van der Waals surface area contributed by atoms with Gasteiger partial charge in [-0.05, 0) is 50.2 Å². The molecule has 1 aromatic heterocycles. The summed E-state index contributed by atoms with van der Waals surface area (Å²) in [6, 6.07) is 12.8. The van der Waals surface area contributed by atoms with E-state index in [0.717, 1.165) is 28.9 Å². The quantitative estimate of drug-likeness (QED) is 0.536. The fourth-order valence-corrected chi connectivity index (χ4v) is 3.88. The lowest BCUT2D eigenvalue weighted by molar-refractivity contribution is -0.121. The van der Waals surface area contributed by atoms with Gasteiger partial charge in [0.15, 0.2) is 5.82 Å². The van der Waals surface area contributed by atoms with Crippen LogP contribution in [0.4, 0.5) is 0 Å². The lowest BCUT2D eigenvalue weighted by Crippen LogP contribution is -2.27. The number of aliphatic imine (C=N–C) groups is 1. The third-order valence-electron chi connectivity index (χ3n) is 5.33. The van der Waals surface area contributed by atoms with Gasteiger partial charge in [0.2, 0.25) is 5.91 Å². The highest BCUT2D eigenvalue weighted by molar-refractivity contribution is 6.30. The lowest BCUT2D eigenvalue weighted by atomic mass is 10.00. The van der Waals surface area contributed by atoms with Gasteiger partial charge in [-0.3, -0.25) is 14.4 Å². The fourth-order valence-electron chi connectivity index (χ4n) is 3.75. The molecule has 1 amide bonds. The van der Waals surface area contributed by atoms with Crippen LogP contribution in [0.25, 0.3) is 5.69 Å². The van der Waals surface area contributed by atoms with Crippen molar-refractivity contribution < 1.29 is 9.53 Å². The number of rotatable bonds is 7. The largest absolute Gasteiger partial charge is 0.497 e. The summed E-state index contributed by atoms with van der Waals surface area (Å²) in [5.74, 6) is 1.92. The molecule has 3 N–H and O–H groups in total. The van der Waals surface area contributed by atoms with Crippen molar-refractivity contribution in [3.8, 4) is 11.4 Å². The number of aromatic nitrogens is 3. The van der Waals surface area contributed by atoms with E-state index in [0.29, 0.717) is 35.5 Å². The van der Waals surface area contributed by atoms with Gasteiger partial charge in [-0.1, -0.05) is 23.7 Å². The van der Waals surface area contributed by atoms with Crippen molar-refractivity contribution >= 4 is 23.2 Å². The van der Waals surface area contributed by atoms with Gasteiger partial charge in [0.05, 0.1) is 24.9 Å². The SMILES string of the molecule is COc1ccc2c(c1)C(c1ccc(Cl)cc1)=NC(CC(=O)NCCCN)c1nnc(C)n1-2. The van der Waals surface area contributed by atoms with Gasteiger partial charge in [-0.25, -0.2) is 0 Å². The number of carbonyl (C=O) groups excluding carboxylic acids is 1. The van der Waals surface area contributed by atoms with E-state index < -0.39 is 6.04 Å². The molecule has 0 saturated heterocycles. The third kappa shape index (κ3) is 4.37. The van der Waals surface area contributed by atoms with Crippen LogP contribution in [0.1, 0.15) is 41.7 Å². The molecule has 1 atom stereocenters. The van der Waals surface area contributed by atoms with E-state index in [1.807, 2.05) is 54.0 Å². The predicted molar refractivity (Wildman–Crippen MR) is 124 cm³/mol. The molecule has 0 saturated carbocycles. The maximum Gasteiger partial charge on any atom is 0.222 e. The minimum Gasteiger partial charge on any atom is -0.497 e. The Morgan fingerprint density at radius 2 is 2.00 bits per heavy atom. The third-order valence-corrected chi connectivity index (χ3v) is 5.58. The molecule has 2 heterocycles. The zero-order valence-corrected chi connectivity index (χ0v) is 18.8. The van der Waals surface area contributed by atoms with E-state index in [1.54, 1.807) is 7.11 Å². The second-order valence-electron chi connectivity index (χ2n) is 7.52. The van der Waals surface area contributed by atoms with Gasteiger partial charge in [-0.15, -0.1) is 10.2 Å². The smallest absolute Gasteiger partial charge is 0.222 e. The number of nitrogens with zero attached hydrogens (tertiary/aromatic N) is 4. The van der Waals surface area contributed by atoms with E-state index in [1.165, 1.54) is 0 Å². The minimum atomic E-state index is -0.516. The highest BCUT2D eigenvalue weighted by atomic mass is 35.5. The summed E-state index contributed by atoms with van der Waals surface area (Å²) < 4.78 is 7.44. The molecule has 2 aromatic carbocycles. The van der Waals surface area contributed by atoms with Crippen LogP contribution < -0.4 is 15.8 Å². The van der Waals surface area contributed by atoms with Crippen molar-refractivity contribution in [1.29, 1.82) is 0 Å². The summed E-state index contributed by atoms with van der Waals surface area (Å²) in [4.78, 5) is 17.7. The Hall–Kier alpha value is -3.23. The Bertz CT molecular complexity index is 1160. The Labute approximate surface area is 191 Å². The Morgan fingerprint density at radius 1 is 1.22 bits per heavy atom. The molecule has 9 heteroatoms. The van der Waals surface area contributed by atoms with Crippen LogP contribution in [0.2, 0.25) is 5.02 Å². The van der Waals surface area contributed by atoms with Gasteiger partial charge in [0.25, 0.3) is 0 Å². The van der Waals surface area contributed by atoms with Crippen LogP contribution in [-0.2, 0) is 4.79 Å². The highest BCUT2D eigenvalue weighted by Crippen LogP contribution is 2.34. The van der Waals surface area contributed by atoms with E-state index in [4.69, 9.17) is 27.1 Å². The van der Waals surface area contributed by atoms with Crippen molar-refractivity contribution in [3.63, 3.8) is 0 Å². The molecule has 1 unspecified atom stereocenters. The average molecular weight is 453 g/mol. The number of benzene rings is 2. The fraction of sp³-hybridized carbons (Fsp3) is 0.304. The molecule has 32 heavy (non-hydrogen) atoms. The first-order valence-corrected chi connectivity index (χ1v) is 10.8. The molecule has 8 nitrogen and oxygen atoms in total. The first kappa shape index (κ1) is 22.0.